The maximum atomic E-state index is 13.0. The van der Waals surface area contributed by atoms with Crippen molar-refractivity contribution in [2.24, 2.45) is 11.8 Å². The van der Waals surface area contributed by atoms with Gasteiger partial charge in [0.25, 0.3) is 0 Å². The first-order chi connectivity index (χ1) is 15.4. The first-order valence-corrected chi connectivity index (χ1v) is 12.7. The zero-order chi connectivity index (χ0) is 22.7. The molecule has 1 aliphatic carbocycles. The van der Waals surface area contributed by atoms with Crippen molar-refractivity contribution in [2.75, 3.05) is 25.0 Å². The number of rotatable bonds is 6. The highest BCUT2D eigenvalue weighted by atomic mass is 32.2. The number of hydrogen-bond acceptors (Lipinski definition) is 5. The van der Waals surface area contributed by atoms with Crippen molar-refractivity contribution < 1.29 is 22.8 Å². The third kappa shape index (κ3) is 4.63. The van der Waals surface area contributed by atoms with Crippen molar-refractivity contribution in [1.82, 2.24) is 9.21 Å². The molecule has 1 aromatic rings. The highest BCUT2D eigenvalue weighted by molar-refractivity contribution is 7.89. The van der Waals surface area contributed by atoms with Crippen LogP contribution in [0.25, 0.3) is 0 Å². The van der Waals surface area contributed by atoms with Gasteiger partial charge >= 0.3 is 0 Å². The van der Waals surface area contributed by atoms with E-state index in [1.165, 1.54) is 21.3 Å². The summed E-state index contributed by atoms with van der Waals surface area (Å²) in [5.74, 6) is -1.40. The fourth-order valence-corrected chi connectivity index (χ4v) is 6.26. The molecule has 1 N–H and O–H groups in total. The van der Waals surface area contributed by atoms with Crippen LogP contribution in [0.5, 0.6) is 0 Å². The van der Waals surface area contributed by atoms with Crippen LogP contribution in [0, 0.1) is 11.8 Å². The first-order valence-electron chi connectivity index (χ1n) is 11.3. The van der Waals surface area contributed by atoms with Crippen molar-refractivity contribution in [3.8, 4) is 0 Å². The Morgan fingerprint density at radius 2 is 1.59 bits per heavy atom. The average molecular weight is 460 g/mol. The van der Waals surface area contributed by atoms with E-state index >= 15 is 0 Å². The molecule has 0 saturated carbocycles. The molecule has 0 aromatic heterocycles. The molecule has 3 aliphatic rings. The summed E-state index contributed by atoms with van der Waals surface area (Å²) in [6, 6.07) is 6.23. The molecule has 172 valence electrons. The van der Waals surface area contributed by atoms with Gasteiger partial charge in [-0.15, -0.1) is 0 Å². The Kier molecular flexibility index (Phi) is 6.76. The normalized spacial score (nSPS) is 24.3. The summed E-state index contributed by atoms with van der Waals surface area (Å²) in [5.41, 5.74) is 0.378. The van der Waals surface area contributed by atoms with Crippen LogP contribution in [0.15, 0.2) is 41.3 Å². The molecular weight excluding hydrogens is 430 g/mol. The zero-order valence-corrected chi connectivity index (χ0v) is 18.9. The van der Waals surface area contributed by atoms with Gasteiger partial charge in [0.15, 0.2) is 0 Å². The smallest absolute Gasteiger partial charge is 0.243 e. The third-order valence-corrected chi connectivity index (χ3v) is 8.38. The monoisotopic (exact) mass is 459 g/mol. The number of carbonyl (C=O) groups is 3. The van der Waals surface area contributed by atoms with E-state index in [-0.39, 0.29) is 47.4 Å². The Morgan fingerprint density at radius 1 is 0.969 bits per heavy atom. The van der Waals surface area contributed by atoms with E-state index in [0.717, 1.165) is 25.7 Å². The number of nitrogens with zero attached hydrogens (tertiary/aromatic N) is 2. The Balaban J connectivity index is 1.37. The average Bonchev–Trinajstić information content (AvgIpc) is 2.98. The highest BCUT2D eigenvalue weighted by Gasteiger charge is 2.46. The van der Waals surface area contributed by atoms with Gasteiger partial charge in [0, 0.05) is 31.7 Å². The van der Waals surface area contributed by atoms with Gasteiger partial charge in [-0.1, -0.05) is 31.1 Å². The van der Waals surface area contributed by atoms with Gasteiger partial charge in [0.2, 0.25) is 27.7 Å². The Hall–Kier alpha value is -2.52. The maximum Gasteiger partial charge on any atom is 0.243 e. The van der Waals surface area contributed by atoms with E-state index in [4.69, 9.17) is 0 Å². The predicted octanol–water partition coefficient (Wildman–Crippen LogP) is 2.53. The zero-order valence-electron chi connectivity index (χ0n) is 18.0. The molecule has 0 radical (unpaired) electrons. The first kappa shape index (κ1) is 22.7. The second-order valence-electron chi connectivity index (χ2n) is 8.63. The van der Waals surface area contributed by atoms with Crippen molar-refractivity contribution in [3.05, 3.63) is 36.4 Å². The van der Waals surface area contributed by atoms with Gasteiger partial charge in [-0.2, -0.15) is 4.31 Å². The number of hydrogen-bond donors (Lipinski definition) is 1. The highest BCUT2D eigenvalue weighted by Crippen LogP contribution is 2.35. The number of anilines is 1. The van der Waals surface area contributed by atoms with Crippen LogP contribution < -0.4 is 5.32 Å². The van der Waals surface area contributed by atoms with Crippen molar-refractivity contribution in [2.45, 2.75) is 49.8 Å². The minimum atomic E-state index is -3.62. The fourth-order valence-electron chi connectivity index (χ4n) is 4.69. The van der Waals surface area contributed by atoms with Gasteiger partial charge in [0.1, 0.15) is 0 Å². The summed E-state index contributed by atoms with van der Waals surface area (Å²) in [5, 5.41) is 2.70. The Labute approximate surface area is 188 Å². The minimum absolute atomic E-state index is 0.0300. The summed E-state index contributed by atoms with van der Waals surface area (Å²) < 4.78 is 27.5. The quantitative estimate of drug-likeness (QED) is 0.520. The van der Waals surface area contributed by atoms with Gasteiger partial charge < -0.3 is 5.32 Å². The van der Waals surface area contributed by atoms with Gasteiger partial charge in [-0.05, 0) is 43.9 Å². The lowest BCUT2D eigenvalue weighted by Crippen LogP contribution is -2.34. The van der Waals surface area contributed by atoms with Crippen LogP contribution in [0.4, 0.5) is 5.69 Å². The summed E-state index contributed by atoms with van der Waals surface area (Å²) in [4.78, 5) is 38.9. The summed E-state index contributed by atoms with van der Waals surface area (Å²) >= 11 is 0. The third-order valence-electron chi connectivity index (χ3n) is 6.48. The van der Waals surface area contributed by atoms with Crippen LogP contribution in [-0.4, -0.2) is 55.0 Å². The number of sulfonamides is 1. The van der Waals surface area contributed by atoms with Crippen LogP contribution >= 0.6 is 0 Å². The van der Waals surface area contributed by atoms with E-state index < -0.39 is 10.0 Å². The molecule has 0 unspecified atom stereocenters. The Bertz CT molecular complexity index is 1000. The molecule has 0 bridgehead atoms. The molecule has 3 amide bonds. The summed E-state index contributed by atoms with van der Waals surface area (Å²) in [7, 11) is -3.62. The molecule has 2 saturated heterocycles. The number of fused-ring (bicyclic) bond motifs is 1. The Morgan fingerprint density at radius 3 is 2.22 bits per heavy atom. The van der Waals surface area contributed by atoms with Gasteiger partial charge in [0.05, 0.1) is 16.7 Å². The molecule has 2 atom stereocenters. The van der Waals surface area contributed by atoms with E-state index in [9.17, 15) is 22.8 Å². The molecule has 4 rings (SSSR count). The van der Waals surface area contributed by atoms with Crippen LogP contribution in [0.2, 0.25) is 0 Å². The molecule has 8 nitrogen and oxygen atoms in total. The van der Waals surface area contributed by atoms with E-state index in [1.54, 1.807) is 12.1 Å². The number of amides is 3. The molecular formula is C23H29N3O5S. The number of carbonyl (C=O) groups excluding carboxylic acids is 3. The van der Waals surface area contributed by atoms with E-state index in [1.807, 2.05) is 12.2 Å². The summed E-state index contributed by atoms with van der Waals surface area (Å²) in [6.07, 6.45) is 8.71. The molecule has 2 heterocycles. The number of imide groups is 1. The molecule has 32 heavy (non-hydrogen) atoms. The van der Waals surface area contributed by atoms with Crippen molar-refractivity contribution in [3.63, 3.8) is 0 Å². The SMILES string of the molecule is O=C(CCN1C(=O)[C@H]2CC=CC[C@@H]2C1=O)Nc1cccc(S(=O)(=O)N2CCCCCC2)c1. The number of benzene rings is 1. The lowest BCUT2D eigenvalue weighted by Gasteiger charge is -2.20. The van der Waals surface area contributed by atoms with Gasteiger partial charge in [-0.3, -0.25) is 19.3 Å². The molecule has 0 spiro atoms. The topological polar surface area (TPSA) is 104 Å². The van der Waals surface area contributed by atoms with Crippen LogP contribution in [0.3, 0.4) is 0 Å². The predicted molar refractivity (Wildman–Crippen MR) is 119 cm³/mol. The number of allylic oxidation sites excluding steroid dienone is 2. The number of nitrogens with one attached hydrogen (secondary N) is 1. The van der Waals surface area contributed by atoms with Crippen molar-refractivity contribution in [1.29, 1.82) is 0 Å². The van der Waals surface area contributed by atoms with Crippen molar-refractivity contribution >= 4 is 33.4 Å². The van der Waals surface area contributed by atoms with Gasteiger partial charge in [-0.25, -0.2) is 8.42 Å². The maximum absolute atomic E-state index is 13.0. The fraction of sp³-hybridized carbons (Fsp3) is 0.522. The molecule has 9 heteroatoms. The molecule has 2 aliphatic heterocycles. The standard InChI is InChI=1S/C23H29N3O5S/c27-21(12-15-26-22(28)19-10-3-4-11-20(19)23(26)29)24-17-8-7-9-18(16-17)32(30,31)25-13-5-1-2-6-14-25/h3-4,7-9,16,19-20H,1-2,5-6,10-15H2,(H,24,27)/t19-,20-/m0/s1. The lowest BCUT2D eigenvalue weighted by atomic mass is 9.85. The van der Waals surface area contributed by atoms with E-state index in [2.05, 4.69) is 5.32 Å². The minimum Gasteiger partial charge on any atom is -0.326 e. The lowest BCUT2D eigenvalue weighted by molar-refractivity contribution is -0.140. The molecule has 1 aromatic carbocycles. The molecule has 2 fully saturated rings. The van der Waals surface area contributed by atoms with Crippen LogP contribution in [-0.2, 0) is 24.4 Å². The van der Waals surface area contributed by atoms with E-state index in [0.29, 0.717) is 31.6 Å². The van der Waals surface area contributed by atoms with Crippen LogP contribution in [0.1, 0.15) is 44.9 Å². The largest absolute Gasteiger partial charge is 0.326 e. The second kappa shape index (κ2) is 9.54. The second-order valence-corrected chi connectivity index (χ2v) is 10.6. The number of likely N-dealkylation sites (tertiary alicyclic amines) is 1. The summed E-state index contributed by atoms with van der Waals surface area (Å²) in [6.45, 7) is 1.05.